The van der Waals surface area contributed by atoms with Gasteiger partial charge in [-0.1, -0.05) is 6.92 Å². The summed E-state index contributed by atoms with van der Waals surface area (Å²) in [5, 5.41) is 1.07. The van der Waals surface area contributed by atoms with Gasteiger partial charge in [0.05, 0.1) is 0 Å². The highest BCUT2D eigenvalue weighted by molar-refractivity contribution is 5.83. The molecule has 2 nitrogen and oxygen atoms in total. The highest BCUT2D eigenvalue weighted by atomic mass is 19.1. The van der Waals surface area contributed by atoms with E-state index in [4.69, 9.17) is 5.73 Å². The lowest BCUT2D eigenvalue weighted by Gasteiger charge is -2.06. The van der Waals surface area contributed by atoms with Gasteiger partial charge in [0.15, 0.2) is 0 Å². The molecule has 2 aromatic rings. The van der Waals surface area contributed by atoms with E-state index in [9.17, 15) is 4.39 Å². The zero-order valence-corrected chi connectivity index (χ0v) is 8.76. The average molecular weight is 206 g/mol. The minimum atomic E-state index is -0.212. The second-order valence-electron chi connectivity index (χ2n) is 3.88. The van der Waals surface area contributed by atoms with Gasteiger partial charge < -0.3 is 10.7 Å². The Kier molecular flexibility index (Phi) is 2.73. The summed E-state index contributed by atoms with van der Waals surface area (Å²) in [6, 6.07) is 4.97. The van der Waals surface area contributed by atoms with Crippen LogP contribution in [0.4, 0.5) is 4.39 Å². The first-order valence-electron chi connectivity index (χ1n) is 5.21. The zero-order valence-electron chi connectivity index (χ0n) is 8.76. The van der Waals surface area contributed by atoms with Crippen LogP contribution in [-0.2, 0) is 6.42 Å². The molecule has 0 saturated carbocycles. The van der Waals surface area contributed by atoms with Crippen molar-refractivity contribution in [3.05, 3.63) is 35.8 Å². The first-order valence-corrected chi connectivity index (χ1v) is 5.21. The van der Waals surface area contributed by atoms with E-state index in [0.29, 0.717) is 0 Å². The molecule has 1 aromatic heterocycles. The third kappa shape index (κ3) is 2.02. The van der Waals surface area contributed by atoms with E-state index in [1.165, 1.54) is 17.7 Å². The standard InChI is InChI=1S/C12H15FN2/c1-2-10(14)5-8-7-15-12-6-9(13)3-4-11(8)12/h3-4,6-7,10,15H,2,5,14H2,1H3/t10-/m1/s1. The third-order valence-electron chi connectivity index (χ3n) is 2.74. The quantitative estimate of drug-likeness (QED) is 0.796. The number of aromatic amines is 1. The fourth-order valence-corrected chi connectivity index (χ4v) is 1.75. The highest BCUT2D eigenvalue weighted by Crippen LogP contribution is 2.20. The average Bonchev–Trinajstić information content (AvgIpc) is 2.60. The maximum absolute atomic E-state index is 12.9. The second kappa shape index (κ2) is 4.03. The molecule has 0 bridgehead atoms. The van der Waals surface area contributed by atoms with Crippen LogP contribution in [0.5, 0.6) is 0 Å². The predicted octanol–water partition coefficient (Wildman–Crippen LogP) is 2.59. The lowest BCUT2D eigenvalue weighted by molar-refractivity contribution is 0.629. The van der Waals surface area contributed by atoms with Gasteiger partial charge in [-0.25, -0.2) is 4.39 Å². The number of hydrogen-bond donors (Lipinski definition) is 2. The number of nitrogens with two attached hydrogens (primary N) is 1. The number of nitrogens with one attached hydrogen (secondary N) is 1. The summed E-state index contributed by atoms with van der Waals surface area (Å²) in [6.07, 6.45) is 3.70. The highest BCUT2D eigenvalue weighted by Gasteiger charge is 2.07. The van der Waals surface area contributed by atoms with Crippen LogP contribution in [0.25, 0.3) is 10.9 Å². The number of hydrogen-bond acceptors (Lipinski definition) is 1. The van der Waals surface area contributed by atoms with Crippen LogP contribution >= 0.6 is 0 Å². The Morgan fingerprint density at radius 2 is 2.27 bits per heavy atom. The molecule has 0 amide bonds. The zero-order chi connectivity index (χ0) is 10.8. The molecule has 3 heteroatoms. The summed E-state index contributed by atoms with van der Waals surface area (Å²) < 4.78 is 12.9. The summed E-state index contributed by atoms with van der Waals surface area (Å²) in [7, 11) is 0. The smallest absolute Gasteiger partial charge is 0.125 e. The third-order valence-corrected chi connectivity index (χ3v) is 2.74. The molecule has 0 fully saturated rings. The molecule has 0 saturated heterocycles. The van der Waals surface area contributed by atoms with E-state index in [1.54, 1.807) is 6.07 Å². The topological polar surface area (TPSA) is 41.8 Å². The molecule has 1 aromatic carbocycles. The molecular weight excluding hydrogens is 191 g/mol. The van der Waals surface area contributed by atoms with Crippen LogP contribution < -0.4 is 5.73 Å². The molecular formula is C12H15FN2. The summed E-state index contributed by atoms with van der Waals surface area (Å²) in [5.41, 5.74) is 7.90. The molecule has 0 aliphatic rings. The van der Waals surface area contributed by atoms with Gasteiger partial charge in [-0.15, -0.1) is 0 Å². The van der Waals surface area contributed by atoms with Crippen LogP contribution in [-0.4, -0.2) is 11.0 Å². The summed E-state index contributed by atoms with van der Waals surface area (Å²) in [4.78, 5) is 3.06. The van der Waals surface area contributed by atoms with Crippen molar-refractivity contribution in [2.45, 2.75) is 25.8 Å². The number of aromatic nitrogens is 1. The maximum atomic E-state index is 12.9. The molecule has 0 unspecified atom stereocenters. The predicted molar refractivity (Wildman–Crippen MR) is 60.2 cm³/mol. The van der Waals surface area contributed by atoms with Gasteiger partial charge in [0.25, 0.3) is 0 Å². The van der Waals surface area contributed by atoms with Crippen molar-refractivity contribution in [1.82, 2.24) is 4.98 Å². The normalized spacial score (nSPS) is 13.3. The van der Waals surface area contributed by atoms with Crippen LogP contribution in [0.3, 0.4) is 0 Å². The van der Waals surface area contributed by atoms with Crippen molar-refractivity contribution in [2.24, 2.45) is 5.73 Å². The largest absolute Gasteiger partial charge is 0.361 e. The van der Waals surface area contributed by atoms with Gasteiger partial charge in [0.1, 0.15) is 5.82 Å². The Labute approximate surface area is 88.3 Å². The van der Waals surface area contributed by atoms with Crippen LogP contribution in [0.1, 0.15) is 18.9 Å². The van der Waals surface area contributed by atoms with Crippen LogP contribution in [0.2, 0.25) is 0 Å². The number of halogens is 1. The monoisotopic (exact) mass is 206 g/mol. The van der Waals surface area contributed by atoms with Crippen molar-refractivity contribution in [2.75, 3.05) is 0 Å². The first-order chi connectivity index (χ1) is 7.20. The summed E-state index contributed by atoms with van der Waals surface area (Å²) >= 11 is 0. The van der Waals surface area contributed by atoms with E-state index in [0.717, 1.165) is 23.7 Å². The second-order valence-corrected chi connectivity index (χ2v) is 3.88. The summed E-state index contributed by atoms with van der Waals surface area (Å²) in [6.45, 7) is 2.07. The molecule has 0 aliphatic carbocycles. The molecule has 0 radical (unpaired) electrons. The fourth-order valence-electron chi connectivity index (χ4n) is 1.75. The van der Waals surface area contributed by atoms with Gasteiger partial charge >= 0.3 is 0 Å². The van der Waals surface area contributed by atoms with Crippen molar-refractivity contribution in [3.63, 3.8) is 0 Å². The van der Waals surface area contributed by atoms with Crippen molar-refractivity contribution < 1.29 is 4.39 Å². The van der Waals surface area contributed by atoms with Gasteiger partial charge in [-0.3, -0.25) is 0 Å². The molecule has 80 valence electrons. The first kappa shape index (κ1) is 10.2. The van der Waals surface area contributed by atoms with E-state index >= 15 is 0 Å². The SMILES string of the molecule is CC[C@@H](N)Cc1c[nH]c2cc(F)ccc12. The van der Waals surface area contributed by atoms with Gasteiger partial charge in [-0.2, -0.15) is 0 Å². The van der Waals surface area contributed by atoms with Crippen LogP contribution in [0, 0.1) is 5.82 Å². The Hall–Kier alpha value is -1.35. The molecule has 3 N–H and O–H groups in total. The molecule has 1 heterocycles. The Bertz CT molecular complexity index is 462. The lowest BCUT2D eigenvalue weighted by Crippen LogP contribution is -2.21. The molecule has 2 rings (SSSR count). The Morgan fingerprint density at radius 3 is 3.00 bits per heavy atom. The number of rotatable bonds is 3. The minimum absolute atomic E-state index is 0.175. The van der Waals surface area contributed by atoms with E-state index in [-0.39, 0.29) is 11.9 Å². The van der Waals surface area contributed by atoms with Gasteiger partial charge in [0, 0.05) is 23.1 Å². The fraction of sp³-hybridized carbons (Fsp3) is 0.333. The maximum Gasteiger partial charge on any atom is 0.125 e. The number of benzene rings is 1. The summed E-state index contributed by atoms with van der Waals surface area (Å²) in [5.74, 6) is -0.212. The van der Waals surface area contributed by atoms with Crippen molar-refractivity contribution >= 4 is 10.9 Å². The molecule has 1 atom stereocenters. The molecule has 0 spiro atoms. The Morgan fingerprint density at radius 1 is 1.47 bits per heavy atom. The van der Waals surface area contributed by atoms with Crippen LogP contribution in [0.15, 0.2) is 24.4 Å². The minimum Gasteiger partial charge on any atom is -0.361 e. The number of H-pyrrole nitrogens is 1. The molecule has 15 heavy (non-hydrogen) atoms. The van der Waals surface area contributed by atoms with E-state index < -0.39 is 0 Å². The van der Waals surface area contributed by atoms with Gasteiger partial charge in [0.2, 0.25) is 0 Å². The number of fused-ring (bicyclic) bond motifs is 1. The van der Waals surface area contributed by atoms with Crippen molar-refractivity contribution in [3.8, 4) is 0 Å². The molecule has 0 aliphatic heterocycles. The van der Waals surface area contributed by atoms with Crippen molar-refractivity contribution in [1.29, 1.82) is 0 Å². The van der Waals surface area contributed by atoms with E-state index in [1.807, 2.05) is 6.20 Å². The van der Waals surface area contributed by atoms with Gasteiger partial charge in [-0.05, 0) is 36.6 Å². The lowest BCUT2D eigenvalue weighted by atomic mass is 10.0. The van der Waals surface area contributed by atoms with E-state index in [2.05, 4.69) is 11.9 Å². The Balaban J connectivity index is 2.36.